The van der Waals surface area contributed by atoms with Crippen molar-refractivity contribution < 1.29 is 0 Å². The van der Waals surface area contributed by atoms with E-state index >= 15 is 0 Å². The molecule has 1 atom stereocenters. The number of nitrogens with one attached hydrogen (secondary N) is 1. The average Bonchev–Trinajstić information content (AvgIpc) is 2.79. The van der Waals surface area contributed by atoms with Crippen LogP contribution in [0.3, 0.4) is 0 Å². The van der Waals surface area contributed by atoms with E-state index in [9.17, 15) is 0 Å². The zero-order valence-corrected chi connectivity index (χ0v) is 11.4. The molecule has 0 spiro atoms. The Morgan fingerprint density at radius 1 is 1.44 bits per heavy atom. The molecule has 3 rings (SSSR count). The maximum atomic E-state index is 4.19. The summed E-state index contributed by atoms with van der Waals surface area (Å²) in [6.07, 6.45) is 4.47. The maximum Gasteiger partial charge on any atom is 0.147 e. The van der Waals surface area contributed by atoms with Crippen molar-refractivity contribution in [1.29, 1.82) is 0 Å². The highest BCUT2D eigenvalue weighted by molar-refractivity contribution is 4.94. The number of nitrogens with zero attached hydrogens (tertiary/aromatic N) is 4. The lowest BCUT2D eigenvalue weighted by Gasteiger charge is -2.42. The van der Waals surface area contributed by atoms with Gasteiger partial charge < -0.3 is 9.88 Å². The third-order valence-electron chi connectivity index (χ3n) is 4.49. The number of piperidine rings is 1. The van der Waals surface area contributed by atoms with Gasteiger partial charge in [-0.3, -0.25) is 4.90 Å². The van der Waals surface area contributed by atoms with Gasteiger partial charge in [0.1, 0.15) is 12.2 Å². The van der Waals surface area contributed by atoms with E-state index in [0.29, 0.717) is 11.5 Å². The molecule has 1 saturated heterocycles. The van der Waals surface area contributed by atoms with Crippen LogP contribution in [-0.4, -0.2) is 45.3 Å². The molecule has 0 bridgehead atoms. The predicted molar refractivity (Wildman–Crippen MR) is 70.1 cm³/mol. The topological polar surface area (TPSA) is 46.0 Å². The fourth-order valence-corrected chi connectivity index (χ4v) is 3.11. The van der Waals surface area contributed by atoms with E-state index < -0.39 is 0 Å². The van der Waals surface area contributed by atoms with Gasteiger partial charge in [-0.2, -0.15) is 0 Å². The van der Waals surface area contributed by atoms with Crippen molar-refractivity contribution in [3.63, 3.8) is 0 Å². The Morgan fingerprint density at radius 2 is 2.33 bits per heavy atom. The van der Waals surface area contributed by atoms with E-state index in [1.807, 2.05) is 6.33 Å². The molecule has 0 amide bonds. The van der Waals surface area contributed by atoms with Gasteiger partial charge in [0, 0.05) is 25.7 Å². The van der Waals surface area contributed by atoms with Crippen LogP contribution in [0.15, 0.2) is 6.33 Å². The summed E-state index contributed by atoms with van der Waals surface area (Å²) in [4.78, 5) is 2.51. The second kappa shape index (κ2) is 4.63. The monoisotopic (exact) mass is 249 g/mol. The molecule has 18 heavy (non-hydrogen) atoms. The van der Waals surface area contributed by atoms with Crippen molar-refractivity contribution in [1.82, 2.24) is 25.0 Å². The first-order chi connectivity index (χ1) is 8.65. The number of aromatic nitrogens is 3. The van der Waals surface area contributed by atoms with Gasteiger partial charge in [-0.15, -0.1) is 10.2 Å². The SMILES string of the molecule is CC1(C)CCCNC1CN1CCn2cnnc2C1. The summed E-state index contributed by atoms with van der Waals surface area (Å²) in [5.41, 5.74) is 0.406. The lowest BCUT2D eigenvalue weighted by Crippen LogP contribution is -2.53. The second-order valence-electron chi connectivity index (χ2n) is 6.27. The van der Waals surface area contributed by atoms with E-state index in [1.165, 1.54) is 12.8 Å². The lowest BCUT2D eigenvalue weighted by atomic mass is 9.77. The van der Waals surface area contributed by atoms with Crippen LogP contribution in [0.1, 0.15) is 32.5 Å². The summed E-state index contributed by atoms with van der Waals surface area (Å²) < 4.78 is 2.16. The molecular formula is C13H23N5. The van der Waals surface area contributed by atoms with Crippen molar-refractivity contribution in [2.75, 3.05) is 19.6 Å². The van der Waals surface area contributed by atoms with E-state index in [2.05, 4.69) is 38.8 Å². The Hall–Kier alpha value is -0.940. The fourth-order valence-electron chi connectivity index (χ4n) is 3.11. The van der Waals surface area contributed by atoms with Gasteiger partial charge in [-0.1, -0.05) is 13.8 Å². The molecule has 1 unspecified atom stereocenters. The van der Waals surface area contributed by atoms with Crippen LogP contribution in [0.25, 0.3) is 0 Å². The van der Waals surface area contributed by atoms with Crippen LogP contribution in [0.4, 0.5) is 0 Å². The minimum Gasteiger partial charge on any atom is -0.315 e. The molecule has 1 N–H and O–H groups in total. The molecule has 3 heterocycles. The smallest absolute Gasteiger partial charge is 0.147 e. The highest BCUT2D eigenvalue weighted by atomic mass is 15.3. The highest BCUT2D eigenvalue weighted by Gasteiger charge is 2.33. The average molecular weight is 249 g/mol. The molecule has 5 heteroatoms. The summed E-state index contributed by atoms with van der Waals surface area (Å²) in [7, 11) is 0. The number of rotatable bonds is 2. The van der Waals surface area contributed by atoms with Crippen LogP contribution >= 0.6 is 0 Å². The number of fused-ring (bicyclic) bond motifs is 1. The molecule has 0 radical (unpaired) electrons. The Labute approximate surface area is 109 Å². The minimum atomic E-state index is 0.406. The summed E-state index contributed by atoms with van der Waals surface area (Å²) in [6.45, 7) is 10.1. The quantitative estimate of drug-likeness (QED) is 0.845. The van der Waals surface area contributed by atoms with E-state index in [1.54, 1.807) is 0 Å². The normalized spacial score (nSPS) is 28.0. The summed E-state index contributed by atoms with van der Waals surface area (Å²) in [5.74, 6) is 1.11. The van der Waals surface area contributed by atoms with Gasteiger partial charge in [0.25, 0.3) is 0 Å². The maximum absolute atomic E-state index is 4.19. The lowest BCUT2D eigenvalue weighted by molar-refractivity contribution is 0.110. The molecule has 0 saturated carbocycles. The standard InChI is InChI=1S/C13H23N5/c1-13(2)4-3-5-14-11(13)8-17-6-7-18-10-15-16-12(18)9-17/h10-11,14H,3-9H2,1-2H3. The Morgan fingerprint density at radius 3 is 3.17 bits per heavy atom. The zero-order chi connectivity index (χ0) is 12.6. The molecule has 0 aliphatic carbocycles. The number of hydrogen-bond acceptors (Lipinski definition) is 4. The Kier molecular flexibility index (Phi) is 3.11. The van der Waals surface area contributed by atoms with Crippen molar-refractivity contribution in [3.05, 3.63) is 12.2 Å². The molecule has 0 aromatic carbocycles. The first-order valence-corrected chi connectivity index (χ1v) is 6.97. The third kappa shape index (κ3) is 2.29. The predicted octanol–water partition coefficient (Wildman–Crippen LogP) is 0.872. The van der Waals surface area contributed by atoms with Gasteiger partial charge in [-0.25, -0.2) is 0 Å². The molecule has 2 aliphatic rings. The van der Waals surface area contributed by atoms with E-state index in [0.717, 1.165) is 38.5 Å². The largest absolute Gasteiger partial charge is 0.315 e. The van der Waals surface area contributed by atoms with Crippen LogP contribution in [-0.2, 0) is 13.1 Å². The second-order valence-corrected chi connectivity index (χ2v) is 6.27. The summed E-state index contributed by atoms with van der Waals surface area (Å²) in [6, 6.07) is 0.598. The van der Waals surface area contributed by atoms with Gasteiger partial charge in [-0.05, 0) is 24.8 Å². The van der Waals surface area contributed by atoms with Gasteiger partial charge >= 0.3 is 0 Å². The summed E-state index contributed by atoms with van der Waals surface area (Å²) >= 11 is 0. The first kappa shape index (κ1) is 12.1. The molecule has 1 aromatic rings. The van der Waals surface area contributed by atoms with Crippen molar-refractivity contribution in [2.45, 2.75) is 45.8 Å². The highest BCUT2D eigenvalue weighted by Crippen LogP contribution is 2.30. The van der Waals surface area contributed by atoms with Crippen LogP contribution < -0.4 is 5.32 Å². The number of hydrogen-bond donors (Lipinski definition) is 1. The zero-order valence-electron chi connectivity index (χ0n) is 11.4. The van der Waals surface area contributed by atoms with Crippen LogP contribution in [0.2, 0.25) is 0 Å². The molecule has 1 aromatic heterocycles. The third-order valence-corrected chi connectivity index (χ3v) is 4.49. The molecule has 2 aliphatic heterocycles. The Bertz CT molecular complexity index is 411. The van der Waals surface area contributed by atoms with Crippen LogP contribution in [0, 0.1) is 5.41 Å². The van der Waals surface area contributed by atoms with Gasteiger partial charge in [0.2, 0.25) is 0 Å². The van der Waals surface area contributed by atoms with E-state index in [4.69, 9.17) is 0 Å². The van der Waals surface area contributed by atoms with Crippen molar-refractivity contribution in [3.8, 4) is 0 Å². The first-order valence-electron chi connectivity index (χ1n) is 6.97. The molecular weight excluding hydrogens is 226 g/mol. The van der Waals surface area contributed by atoms with E-state index in [-0.39, 0.29) is 0 Å². The van der Waals surface area contributed by atoms with Crippen LogP contribution in [0.5, 0.6) is 0 Å². The fraction of sp³-hybridized carbons (Fsp3) is 0.846. The molecule has 1 fully saturated rings. The molecule has 100 valence electrons. The van der Waals surface area contributed by atoms with Gasteiger partial charge in [0.15, 0.2) is 0 Å². The van der Waals surface area contributed by atoms with Crippen molar-refractivity contribution in [2.24, 2.45) is 5.41 Å². The Balaban J connectivity index is 1.64. The molecule has 5 nitrogen and oxygen atoms in total. The van der Waals surface area contributed by atoms with Gasteiger partial charge in [0.05, 0.1) is 6.54 Å². The minimum absolute atomic E-state index is 0.406. The summed E-state index contributed by atoms with van der Waals surface area (Å²) in [5, 5.41) is 11.9. The van der Waals surface area contributed by atoms with Crippen molar-refractivity contribution >= 4 is 0 Å².